The number of fused-ring (bicyclic) bond motifs is 1. The minimum absolute atomic E-state index is 0.0511. The van der Waals surface area contributed by atoms with E-state index < -0.39 is 23.9 Å². The second-order valence-electron chi connectivity index (χ2n) is 3.40. The average Bonchev–Trinajstić information content (AvgIpc) is 2.27. The number of aromatic amines is 1. The Morgan fingerprint density at radius 1 is 1.35 bits per heavy atom. The Labute approximate surface area is 92.7 Å². The van der Waals surface area contributed by atoms with Crippen LogP contribution in [0, 0.1) is 0 Å². The first-order valence-electron chi connectivity index (χ1n) is 4.63. The van der Waals surface area contributed by atoms with Gasteiger partial charge in [-0.2, -0.15) is 13.2 Å². The van der Waals surface area contributed by atoms with Crippen LogP contribution in [-0.2, 0) is 12.8 Å². The second-order valence-corrected chi connectivity index (χ2v) is 3.40. The quantitative estimate of drug-likeness (QED) is 0.797. The SMILES string of the molecule is O=c1[nH]c(CO)nc2cc(C(F)(F)F)ccc12. The number of alkyl halides is 3. The normalized spacial score (nSPS) is 12.0. The summed E-state index contributed by atoms with van der Waals surface area (Å²) in [5.74, 6) is -0.0678. The lowest BCUT2D eigenvalue weighted by molar-refractivity contribution is -0.137. The highest BCUT2D eigenvalue weighted by molar-refractivity contribution is 5.78. The molecule has 7 heteroatoms. The summed E-state index contributed by atoms with van der Waals surface area (Å²) in [6, 6.07) is 2.66. The zero-order valence-corrected chi connectivity index (χ0v) is 8.38. The molecule has 90 valence electrons. The molecule has 0 atom stereocenters. The number of hydrogen-bond donors (Lipinski definition) is 2. The molecule has 2 N–H and O–H groups in total. The fourth-order valence-corrected chi connectivity index (χ4v) is 1.44. The molecule has 0 radical (unpaired) electrons. The summed E-state index contributed by atoms with van der Waals surface area (Å²) in [4.78, 5) is 17.4. The molecule has 0 spiro atoms. The number of nitrogens with zero attached hydrogens (tertiary/aromatic N) is 1. The Morgan fingerprint density at radius 3 is 2.65 bits per heavy atom. The van der Waals surface area contributed by atoms with Gasteiger partial charge in [0, 0.05) is 0 Å². The van der Waals surface area contributed by atoms with E-state index in [9.17, 15) is 18.0 Å². The van der Waals surface area contributed by atoms with Crippen molar-refractivity contribution in [3.63, 3.8) is 0 Å². The van der Waals surface area contributed by atoms with Crippen LogP contribution in [0.25, 0.3) is 10.9 Å². The molecule has 2 aromatic rings. The van der Waals surface area contributed by atoms with Crippen LogP contribution in [0.1, 0.15) is 11.4 Å². The first-order chi connectivity index (χ1) is 7.91. The number of aromatic nitrogens is 2. The number of aliphatic hydroxyl groups is 1. The van der Waals surface area contributed by atoms with Gasteiger partial charge in [0.15, 0.2) is 0 Å². The molecule has 0 fully saturated rings. The fraction of sp³-hybridized carbons (Fsp3) is 0.200. The van der Waals surface area contributed by atoms with Crippen molar-refractivity contribution in [2.24, 2.45) is 0 Å². The Bertz CT molecular complexity index is 619. The predicted molar refractivity (Wildman–Crippen MR) is 53.3 cm³/mol. The second kappa shape index (κ2) is 3.85. The predicted octanol–water partition coefficient (Wildman–Crippen LogP) is 1.43. The molecule has 1 heterocycles. The van der Waals surface area contributed by atoms with Crippen LogP contribution in [0.4, 0.5) is 13.2 Å². The van der Waals surface area contributed by atoms with E-state index in [2.05, 4.69) is 9.97 Å². The molecule has 0 amide bonds. The average molecular weight is 244 g/mol. The highest BCUT2D eigenvalue weighted by Gasteiger charge is 2.30. The van der Waals surface area contributed by atoms with Crippen LogP contribution in [-0.4, -0.2) is 15.1 Å². The maximum atomic E-state index is 12.4. The highest BCUT2D eigenvalue weighted by Crippen LogP contribution is 2.30. The van der Waals surface area contributed by atoms with E-state index >= 15 is 0 Å². The van der Waals surface area contributed by atoms with Gasteiger partial charge in [0.05, 0.1) is 16.5 Å². The van der Waals surface area contributed by atoms with Crippen LogP contribution >= 0.6 is 0 Å². The lowest BCUT2D eigenvalue weighted by atomic mass is 10.1. The molecular formula is C10H7F3N2O2. The minimum atomic E-state index is -4.49. The number of benzene rings is 1. The smallest absolute Gasteiger partial charge is 0.388 e. The van der Waals surface area contributed by atoms with Crippen molar-refractivity contribution >= 4 is 10.9 Å². The van der Waals surface area contributed by atoms with Gasteiger partial charge < -0.3 is 10.1 Å². The zero-order valence-electron chi connectivity index (χ0n) is 8.38. The summed E-state index contributed by atoms with van der Waals surface area (Å²) in [6.07, 6.45) is -4.49. The van der Waals surface area contributed by atoms with Crippen molar-refractivity contribution in [3.05, 3.63) is 39.9 Å². The minimum Gasteiger partial charge on any atom is -0.388 e. The molecule has 4 nitrogen and oxygen atoms in total. The standard InChI is InChI=1S/C10H7F3N2O2/c11-10(12,13)5-1-2-6-7(3-5)14-8(4-16)15-9(6)17/h1-3,16H,4H2,(H,14,15,17). The van der Waals surface area contributed by atoms with Crippen molar-refractivity contribution in [1.29, 1.82) is 0 Å². The third kappa shape index (κ3) is 2.14. The maximum absolute atomic E-state index is 12.4. The van der Waals surface area contributed by atoms with Gasteiger partial charge in [-0.3, -0.25) is 4.79 Å². The summed E-state index contributed by atoms with van der Waals surface area (Å²) >= 11 is 0. The topological polar surface area (TPSA) is 66.0 Å². The first kappa shape index (κ1) is 11.6. The summed E-state index contributed by atoms with van der Waals surface area (Å²) in [7, 11) is 0. The molecule has 0 aliphatic rings. The third-order valence-corrected chi connectivity index (χ3v) is 2.23. The number of H-pyrrole nitrogens is 1. The molecule has 2 rings (SSSR count). The van der Waals surface area contributed by atoms with Crippen molar-refractivity contribution in [2.75, 3.05) is 0 Å². The number of rotatable bonds is 1. The van der Waals surface area contributed by atoms with E-state index in [1.54, 1.807) is 0 Å². The number of halogens is 3. The number of hydrogen-bond acceptors (Lipinski definition) is 3. The van der Waals surface area contributed by atoms with E-state index in [0.717, 1.165) is 18.2 Å². The van der Waals surface area contributed by atoms with Crippen molar-refractivity contribution in [1.82, 2.24) is 9.97 Å². The zero-order chi connectivity index (χ0) is 12.6. The third-order valence-electron chi connectivity index (χ3n) is 2.23. The van der Waals surface area contributed by atoms with E-state index in [1.807, 2.05) is 0 Å². The largest absolute Gasteiger partial charge is 0.416 e. The van der Waals surface area contributed by atoms with Crippen LogP contribution in [0.2, 0.25) is 0 Å². The van der Waals surface area contributed by atoms with Crippen molar-refractivity contribution < 1.29 is 18.3 Å². The van der Waals surface area contributed by atoms with Crippen molar-refractivity contribution in [2.45, 2.75) is 12.8 Å². The van der Waals surface area contributed by atoms with Gasteiger partial charge >= 0.3 is 6.18 Å². The lowest BCUT2D eigenvalue weighted by Crippen LogP contribution is -2.13. The lowest BCUT2D eigenvalue weighted by Gasteiger charge is -2.07. The molecule has 0 aliphatic heterocycles. The van der Waals surface area contributed by atoms with Crippen LogP contribution < -0.4 is 5.56 Å². The first-order valence-corrected chi connectivity index (χ1v) is 4.63. The van der Waals surface area contributed by atoms with Crippen LogP contribution in [0.3, 0.4) is 0 Å². The Hall–Kier alpha value is -1.89. The van der Waals surface area contributed by atoms with Gasteiger partial charge in [-0.25, -0.2) is 4.98 Å². The molecule has 17 heavy (non-hydrogen) atoms. The van der Waals surface area contributed by atoms with Crippen LogP contribution in [0.15, 0.2) is 23.0 Å². The summed E-state index contributed by atoms with van der Waals surface area (Å²) < 4.78 is 37.3. The number of aliphatic hydroxyl groups excluding tert-OH is 1. The van der Waals surface area contributed by atoms with Gasteiger partial charge in [0.1, 0.15) is 12.4 Å². The van der Waals surface area contributed by atoms with Gasteiger partial charge in [-0.05, 0) is 18.2 Å². The molecule has 0 unspecified atom stereocenters. The Morgan fingerprint density at radius 2 is 2.06 bits per heavy atom. The number of nitrogens with one attached hydrogen (secondary N) is 1. The van der Waals surface area contributed by atoms with Gasteiger partial charge in [0.2, 0.25) is 0 Å². The van der Waals surface area contributed by atoms with Gasteiger partial charge in [-0.15, -0.1) is 0 Å². The van der Waals surface area contributed by atoms with Crippen LogP contribution in [0.5, 0.6) is 0 Å². The summed E-state index contributed by atoms with van der Waals surface area (Å²) in [5.41, 5.74) is -1.55. The van der Waals surface area contributed by atoms with Crippen molar-refractivity contribution in [3.8, 4) is 0 Å². The van der Waals surface area contributed by atoms with E-state index in [1.165, 1.54) is 0 Å². The summed E-state index contributed by atoms with van der Waals surface area (Å²) in [5, 5.41) is 8.85. The molecule has 0 aliphatic carbocycles. The summed E-state index contributed by atoms with van der Waals surface area (Å²) in [6.45, 7) is -0.540. The molecule has 0 saturated carbocycles. The van der Waals surface area contributed by atoms with E-state index in [4.69, 9.17) is 5.11 Å². The fourth-order valence-electron chi connectivity index (χ4n) is 1.44. The Balaban J connectivity index is 2.72. The molecule has 0 bridgehead atoms. The monoisotopic (exact) mass is 244 g/mol. The highest BCUT2D eigenvalue weighted by atomic mass is 19.4. The van der Waals surface area contributed by atoms with Gasteiger partial charge in [0.25, 0.3) is 5.56 Å². The Kier molecular flexibility index (Phi) is 2.62. The molecule has 0 saturated heterocycles. The molecule has 1 aromatic carbocycles. The van der Waals surface area contributed by atoms with E-state index in [-0.39, 0.29) is 16.7 Å². The van der Waals surface area contributed by atoms with Gasteiger partial charge in [-0.1, -0.05) is 0 Å². The molecular weight excluding hydrogens is 237 g/mol. The van der Waals surface area contributed by atoms with E-state index in [0.29, 0.717) is 0 Å². The molecule has 1 aromatic heterocycles. The maximum Gasteiger partial charge on any atom is 0.416 e.